The first kappa shape index (κ1) is 19.1. The summed E-state index contributed by atoms with van der Waals surface area (Å²) in [5, 5.41) is 0. The topological polar surface area (TPSA) is 72.5 Å². The first-order valence-corrected chi connectivity index (χ1v) is 9.76. The van der Waals surface area contributed by atoms with Crippen LogP contribution in [0.3, 0.4) is 0 Å². The van der Waals surface area contributed by atoms with Gasteiger partial charge in [-0.2, -0.15) is 0 Å². The maximum absolute atomic E-state index is 12.4. The molecule has 25 heavy (non-hydrogen) atoms. The van der Waals surface area contributed by atoms with Crippen LogP contribution in [0.4, 0.5) is 0 Å². The molecule has 0 aliphatic heterocycles. The summed E-state index contributed by atoms with van der Waals surface area (Å²) in [6, 6.07) is 15.7. The van der Waals surface area contributed by atoms with Crippen molar-refractivity contribution in [3.05, 3.63) is 65.7 Å². The van der Waals surface area contributed by atoms with Crippen molar-refractivity contribution in [3.63, 3.8) is 0 Å². The summed E-state index contributed by atoms with van der Waals surface area (Å²) in [5.41, 5.74) is 1.64. The van der Waals surface area contributed by atoms with Gasteiger partial charge < -0.3 is 4.74 Å². The number of esters is 1. The van der Waals surface area contributed by atoms with Crippen molar-refractivity contribution >= 4 is 16.0 Å². The Labute approximate surface area is 149 Å². The standard InChI is InChI=1S/C19H23NO4S/c1-3-18(19(21)24-4-2)16-10-12-17(13-11-16)25(22,23)20-14-15-8-6-5-7-9-15/h5-13,18,20H,3-4,14H2,1-2H3. The molecule has 0 saturated carbocycles. The van der Waals surface area contributed by atoms with E-state index in [-0.39, 0.29) is 23.3 Å². The average molecular weight is 361 g/mol. The molecule has 5 nitrogen and oxygen atoms in total. The van der Waals surface area contributed by atoms with Gasteiger partial charge in [0.25, 0.3) is 0 Å². The Morgan fingerprint density at radius 3 is 2.24 bits per heavy atom. The molecule has 0 amide bonds. The number of hydrogen-bond donors (Lipinski definition) is 1. The van der Waals surface area contributed by atoms with Gasteiger partial charge >= 0.3 is 5.97 Å². The van der Waals surface area contributed by atoms with Gasteiger partial charge in [0, 0.05) is 6.54 Å². The molecule has 0 spiro atoms. The quantitative estimate of drug-likeness (QED) is 0.733. The lowest BCUT2D eigenvalue weighted by Crippen LogP contribution is -2.23. The van der Waals surface area contributed by atoms with Crippen molar-refractivity contribution in [2.24, 2.45) is 0 Å². The number of rotatable bonds is 8. The van der Waals surface area contributed by atoms with Gasteiger partial charge in [-0.05, 0) is 36.6 Å². The third-order valence-electron chi connectivity index (χ3n) is 3.88. The van der Waals surface area contributed by atoms with Crippen molar-refractivity contribution < 1.29 is 17.9 Å². The number of carbonyl (C=O) groups excluding carboxylic acids is 1. The first-order valence-electron chi connectivity index (χ1n) is 8.28. The number of ether oxygens (including phenoxy) is 1. The van der Waals surface area contributed by atoms with Gasteiger partial charge in [0.15, 0.2) is 0 Å². The van der Waals surface area contributed by atoms with E-state index < -0.39 is 10.0 Å². The van der Waals surface area contributed by atoms with Crippen LogP contribution in [0.2, 0.25) is 0 Å². The molecule has 2 aromatic rings. The predicted octanol–water partition coefficient (Wildman–Crippen LogP) is 3.22. The van der Waals surface area contributed by atoms with Crippen LogP contribution >= 0.6 is 0 Å². The molecule has 1 unspecified atom stereocenters. The van der Waals surface area contributed by atoms with E-state index in [4.69, 9.17) is 4.74 Å². The lowest BCUT2D eigenvalue weighted by atomic mass is 9.97. The summed E-state index contributed by atoms with van der Waals surface area (Å²) in [4.78, 5) is 12.1. The molecule has 6 heteroatoms. The average Bonchev–Trinajstić information content (AvgIpc) is 2.62. The minimum absolute atomic E-state index is 0.172. The molecule has 0 aliphatic rings. The fourth-order valence-corrected chi connectivity index (χ4v) is 3.54. The summed E-state index contributed by atoms with van der Waals surface area (Å²) in [6.45, 7) is 4.21. The van der Waals surface area contributed by atoms with Crippen LogP contribution in [0, 0.1) is 0 Å². The smallest absolute Gasteiger partial charge is 0.313 e. The molecule has 0 aromatic heterocycles. The zero-order valence-corrected chi connectivity index (χ0v) is 15.3. The van der Waals surface area contributed by atoms with Crippen LogP contribution in [0.1, 0.15) is 37.3 Å². The van der Waals surface area contributed by atoms with Crippen molar-refractivity contribution in [1.29, 1.82) is 0 Å². The fraction of sp³-hybridized carbons (Fsp3) is 0.316. The van der Waals surface area contributed by atoms with E-state index in [2.05, 4.69) is 4.72 Å². The highest BCUT2D eigenvalue weighted by Gasteiger charge is 2.21. The Morgan fingerprint density at radius 1 is 1.04 bits per heavy atom. The largest absolute Gasteiger partial charge is 0.466 e. The molecule has 0 saturated heterocycles. The van der Waals surface area contributed by atoms with Gasteiger partial charge in [0.05, 0.1) is 17.4 Å². The number of hydrogen-bond acceptors (Lipinski definition) is 4. The Balaban J connectivity index is 2.11. The van der Waals surface area contributed by atoms with Crippen LogP contribution in [-0.2, 0) is 26.1 Å². The van der Waals surface area contributed by atoms with Crippen molar-refractivity contribution in [2.75, 3.05) is 6.61 Å². The minimum atomic E-state index is -3.60. The van der Waals surface area contributed by atoms with Crippen LogP contribution in [0.25, 0.3) is 0 Å². The Kier molecular flexibility index (Phi) is 6.73. The van der Waals surface area contributed by atoms with Gasteiger partial charge in [-0.1, -0.05) is 49.4 Å². The lowest BCUT2D eigenvalue weighted by Gasteiger charge is -2.14. The van der Waals surface area contributed by atoms with Gasteiger partial charge in [-0.3, -0.25) is 4.79 Å². The zero-order chi connectivity index (χ0) is 18.3. The SMILES string of the molecule is CCOC(=O)C(CC)c1ccc(S(=O)(=O)NCc2ccccc2)cc1. The van der Waals surface area contributed by atoms with E-state index in [9.17, 15) is 13.2 Å². The maximum atomic E-state index is 12.4. The number of sulfonamides is 1. The Morgan fingerprint density at radius 2 is 1.68 bits per heavy atom. The van der Waals surface area contributed by atoms with E-state index >= 15 is 0 Å². The predicted molar refractivity (Wildman–Crippen MR) is 96.6 cm³/mol. The monoisotopic (exact) mass is 361 g/mol. The molecule has 2 aromatic carbocycles. The maximum Gasteiger partial charge on any atom is 0.313 e. The summed E-state index contributed by atoms with van der Waals surface area (Å²) < 4.78 is 32.4. The van der Waals surface area contributed by atoms with Gasteiger partial charge in [0.1, 0.15) is 0 Å². The van der Waals surface area contributed by atoms with Crippen LogP contribution < -0.4 is 4.72 Å². The molecule has 1 atom stereocenters. The second kappa shape index (κ2) is 8.78. The highest BCUT2D eigenvalue weighted by molar-refractivity contribution is 7.89. The minimum Gasteiger partial charge on any atom is -0.466 e. The van der Waals surface area contributed by atoms with Crippen molar-refractivity contribution in [1.82, 2.24) is 4.72 Å². The fourth-order valence-electron chi connectivity index (χ4n) is 2.52. The van der Waals surface area contributed by atoms with Crippen LogP contribution in [0.15, 0.2) is 59.5 Å². The van der Waals surface area contributed by atoms with Gasteiger partial charge in [0.2, 0.25) is 10.0 Å². The molecular formula is C19H23NO4S. The highest BCUT2D eigenvalue weighted by Crippen LogP contribution is 2.23. The summed E-state index contributed by atoms with van der Waals surface area (Å²) in [5.74, 6) is -0.670. The van der Waals surface area contributed by atoms with E-state index in [0.29, 0.717) is 13.0 Å². The Hall–Kier alpha value is -2.18. The highest BCUT2D eigenvalue weighted by atomic mass is 32.2. The van der Waals surface area contributed by atoms with E-state index in [1.807, 2.05) is 37.3 Å². The molecular weight excluding hydrogens is 338 g/mol. The van der Waals surface area contributed by atoms with E-state index in [0.717, 1.165) is 11.1 Å². The molecule has 0 heterocycles. The normalized spacial score (nSPS) is 12.6. The van der Waals surface area contributed by atoms with Crippen molar-refractivity contribution in [2.45, 2.75) is 37.6 Å². The molecule has 2 rings (SSSR count). The second-order valence-electron chi connectivity index (χ2n) is 5.59. The van der Waals surface area contributed by atoms with E-state index in [1.54, 1.807) is 19.1 Å². The summed E-state index contributed by atoms with van der Waals surface area (Å²) in [7, 11) is -3.60. The van der Waals surface area contributed by atoms with Gasteiger partial charge in [-0.15, -0.1) is 0 Å². The molecule has 0 bridgehead atoms. The summed E-state index contributed by atoms with van der Waals surface area (Å²) in [6.07, 6.45) is 0.594. The van der Waals surface area contributed by atoms with Gasteiger partial charge in [-0.25, -0.2) is 13.1 Å². The number of benzene rings is 2. The molecule has 1 N–H and O–H groups in total. The molecule has 0 fully saturated rings. The third-order valence-corrected chi connectivity index (χ3v) is 5.30. The molecule has 0 radical (unpaired) electrons. The van der Waals surface area contributed by atoms with Crippen LogP contribution in [0.5, 0.6) is 0 Å². The van der Waals surface area contributed by atoms with E-state index in [1.165, 1.54) is 12.1 Å². The second-order valence-corrected chi connectivity index (χ2v) is 7.36. The van der Waals surface area contributed by atoms with Crippen molar-refractivity contribution in [3.8, 4) is 0 Å². The third kappa shape index (κ3) is 5.14. The van der Waals surface area contributed by atoms with Crippen LogP contribution in [-0.4, -0.2) is 21.0 Å². The molecule has 0 aliphatic carbocycles. The summed E-state index contributed by atoms with van der Waals surface area (Å²) >= 11 is 0. The number of carbonyl (C=O) groups is 1. The zero-order valence-electron chi connectivity index (χ0n) is 14.4. The molecule has 134 valence electrons. The first-order chi connectivity index (χ1) is 12.0. The lowest BCUT2D eigenvalue weighted by molar-refractivity contribution is -0.145. The Bertz CT molecular complexity index is 786. The number of nitrogens with one attached hydrogen (secondary N) is 1.